The smallest absolute Gasteiger partial charge is 0.416 e. The van der Waals surface area contributed by atoms with Crippen LogP contribution >= 0.6 is 0 Å². The molecule has 0 radical (unpaired) electrons. The number of allylic oxidation sites excluding steroid dienone is 1. The van der Waals surface area contributed by atoms with Crippen molar-refractivity contribution in [2.45, 2.75) is 45.2 Å². The maximum absolute atomic E-state index is 13.6. The van der Waals surface area contributed by atoms with Gasteiger partial charge in [-0.1, -0.05) is 55.7 Å². The number of halogens is 3. The summed E-state index contributed by atoms with van der Waals surface area (Å²) in [4.78, 5) is 30.2. The maximum Gasteiger partial charge on any atom is 0.416 e. The Bertz CT molecular complexity index is 1140. The minimum Gasteiger partial charge on any atom is -0.481 e. The SMILES string of the molecule is CC1(C(=O)c2ccccc2-c2ccc(C(F)(F)F)cc2)C=NC(C2(C(=O)O)CCCCC2)=C1. The average Bonchev–Trinajstić information content (AvgIpc) is 3.22. The Morgan fingerprint density at radius 1 is 0.970 bits per heavy atom. The molecule has 2 aromatic rings. The third kappa shape index (κ3) is 4.12. The van der Waals surface area contributed by atoms with Gasteiger partial charge in [0.15, 0.2) is 5.78 Å². The number of carboxylic acid groups (broad SMARTS) is 1. The largest absolute Gasteiger partial charge is 0.481 e. The molecule has 1 heterocycles. The van der Waals surface area contributed by atoms with Gasteiger partial charge in [0.05, 0.1) is 16.7 Å². The van der Waals surface area contributed by atoms with Crippen LogP contribution in [0.3, 0.4) is 0 Å². The van der Waals surface area contributed by atoms with Crippen molar-refractivity contribution in [3.8, 4) is 11.1 Å². The first kappa shape index (κ1) is 23.0. The minimum atomic E-state index is -4.44. The summed E-state index contributed by atoms with van der Waals surface area (Å²) < 4.78 is 38.8. The highest BCUT2D eigenvalue weighted by Gasteiger charge is 2.47. The van der Waals surface area contributed by atoms with E-state index in [4.69, 9.17) is 0 Å². The lowest BCUT2D eigenvalue weighted by Gasteiger charge is -2.33. The molecule has 0 aromatic heterocycles. The summed E-state index contributed by atoms with van der Waals surface area (Å²) in [7, 11) is 0. The number of benzene rings is 2. The fourth-order valence-corrected chi connectivity index (χ4v) is 4.74. The van der Waals surface area contributed by atoms with Gasteiger partial charge in [0.2, 0.25) is 0 Å². The summed E-state index contributed by atoms with van der Waals surface area (Å²) in [5, 5.41) is 9.97. The Labute approximate surface area is 189 Å². The molecule has 1 saturated carbocycles. The van der Waals surface area contributed by atoms with Crippen molar-refractivity contribution in [2.24, 2.45) is 15.8 Å². The number of aliphatic imine (C=N–C) groups is 1. The predicted molar refractivity (Wildman–Crippen MR) is 119 cm³/mol. The molecule has 4 nitrogen and oxygen atoms in total. The van der Waals surface area contributed by atoms with E-state index in [1.54, 1.807) is 37.3 Å². The summed E-state index contributed by atoms with van der Waals surface area (Å²) in [6.45, 7) is 1.69. The predicted octanol–water partition coefficient (Wildman–Crippen LogP) is 6.56. The standard InChI is InChI=1S/C26H24F3NO3/c1-24(15-21(30-16-24)25(23(32)33)13-5-2-6-14-25)22(31)20-8-4-3-7-19(20)17-9-11-18(12-10-17)26(27,28)29/h3-4,7-12,15-16H,2,5-6,13-14H2,1H3,(H,32,33). The fraction of sp³-hybridized carbons (Fsp3) is 0.346. The quantitative estimate of drug-likeness (QED) is 0.519. The molecule has 1 atom stereocenters. The highest BCUT2D eigenvalue weighted by Crippen LogP contribution is 2.47. The van der Waals surface area contributed by atoms with Crippen LogP contribution in [0.25, 0.3) is 11.1 Å². The molecule has 172 valence electrons. The Balaban J connectivity index is 1.70. The van der Waals surface area contributed by atoms with E-state index in [2.05, 4.69) is 4.99 Å². The molecular weight excluding hydrogens is 431 g/mol. The maximum atomic E-state index is 13.6. The van der Waals surface area contributed by atoms with Crippen molar-refractivity contribution in [1.29, 1.82) is 0 Å². The van der Waals surface area contributed by atoms with E-state index in [1.807, 2.05) is 0 Å². The number of alkyl halides is 3. The van der Waals surface area contributed by atoms with Gasteiger partial charge in [0.1, 0.15) is 5.41 Å². The van der Waals surface area contributed by atoms with Crippen LogP contribution in [0.2, 0.25) is 0 Å². The van der Waals surface area contributed by atoms with Gasteiger partial charge in [0, 0.05) is 11.8 Å². The molecule has 1 unspecified atom stereocenters. The van der Waals surface area contributed by atoms with Gasteiger partial charge in [-0.2, -0.15) is 13.2 Å². The number of ketones is 1. The lowest BCUT2D eigenvalue weighted by Crippen LogP contribution is -2.35. The van der Waals surface area contributed by atoms with Crippen LogP contribution in [0.15, 0.2) is 65.3 Å². The van der Waals surface area contributed by atoms with Crippen LogP contribution in [0.4, 0.5) is 13.2 Å². The minimum absolute atomic E-state index is 0.284. The Morgan fingerprint density at radius 3 is 2.21 bits per heavy atom. The zero-order valence-corrected chi connectivity index (χ0v) is 18.2. The summed E-state index contributed by atoms with van der Waals surface area (Å²) in [5.74, 6) is -1.21. The number of rotatable bonds is 5. The summed E-state index contributed by atoms with van der Waals surface area (Å²) in [5.41, 5.74) is -1.22. The average molecular weight is 455 g/mol. The van der Waals surface area contributed by atoms with Crippen molar-refractivity contribution in [3.63, 3.8) is 0 Å². The summed E-state index contributed by atoms with van der Waals surface area (Å²) in [6.07, 6.45) is 2.23. The lowest BCUT2D eigenvalue weighted by molar-refractivity contribution is -0.148. The molecule has 1 aliphatic heterocycles. The second kappa shape index (κ2) is 8.28. The van der Waals surface area contributed by atoms with Gasteiger partial charge >= 0.3 is 12.1 Å². The van der Waals surface area contributed by atoms with Gasteiger partial charge in [-0.05, 0) is 49.1 Å². The summed E-state index contributed by atoms with van der Waals surface area (Å²) in [6, 6.07) is 11.4. The van der Waals surface area contributed by atoms with Crippen LogP contribution in [-0.2, 0) is 11.0 Å². The summed E-state index contributed by atoms with van der Waals surface area (Å²) >= 11 is 0. The van der Waals surface area contributed by atoms with E-state index in [0.717, 1.165) is 31.4 Å². The fourth-order valence-electron chi connectivity index (χ4n) is 4.74. The number of Topliss-reactive ketones (excluding diaryl/α,β-unsaturated/α-hetero) is 1. The third-order valence-corrected chi connectivity index (χ3v) is 6.70. The number of nitrogens with zero attached hydrogens (tertiary/aromatic N) is 1. The van der Waals surface area contributed by atoms with Gasteiger partial charge in [0.25, 0.3) is 0 Å². The van der Waals surface area contributed by atoms with Crippen LogP contribution < -0.4 is 0 Å². The zero-order chi connectivity index (χ0) is 23.9. The van der Waals surface area contributed by atoms with Gasteiger partial charge < -0.3 is 5.11 Å². The van der Waals surface area contributed by atoms with E-state index in [-0.39, 0.29) is 5.78 Å². The van der Waals surface area contributed by atoms with E-state index >= 15 is 0 Å². The zero-order valence-electron chi connectivity index (χ0n) is 18.2. The number of carbonyl (C=O) groups excluding carboxylic acids is 1. The molecule has 0 spiro atoms. The molecule has 1 N–H and O–H groups in total. The molecular formula is C26H24F3NO3. The van der Waals surface area contributed by atoms with Crippen molar-refractivity contribution in [1.82, 2.24) is 0 Å². The molecule has 0 saturated heterocycles. The van der Waals surface area contributed by atoms with Crippen LogP contribution in [0, 0.1) is 10.8 Å². The Morgan fingerprint density at radius 2 is 1.61 bits per heavy atom. The first-order valence-electron chi connectivity index (χ1n) is 10.9. The van der Waals surface area contributed by atoms with Gasteiger partial charge in [-0.25, -0.2) is 0 Å². The molecule has 1 aliphatic carbocycles. The number of hydrogen-bond acceptors (Lipinski definition) is 3. The van der Waals surface area contributed by atoms with E-state index in [1.165, 1.54) is 18.3 Å². The first-order chi connectivity index (χ1) is 15.6. The van der Waals surface area contributed by atoms with E-state index in [9.17, 15) is 27.9 Å². The number of carbonyl (C=O) groups is 2. The first-order valence-corrected chi connectivity index (χ1v) is 10.9. The Kier molecular flexibility index (Phi) is 5.76. The molecule has 0 amide bonds. The molecule has 4 rings (SSSR count). The molecule has 0 bridgehead atoms. The van der Waals surface area contributed by atoms with Crippen LogP contribution in [0.1, 0.15) is 54.9 Å². The number of aliphatic carboxylic acids is 1. The molecule has 7 heteroatoms. The number of hydrogen-bond donors (Lipinski definition) is 1. The van der Waals surface area contributed by atoms with E-state index < -0.39 is 28.5 Å². The van der Waals surface area contributed by atoms with Crippen molar-refractivity contribution in [2.75, 3.05) is 0 Å². The van der Waals surface area contributed by atoms with Crippen molar-refractivity contribution in [3.05, 3.63) is 71.4 Å². The molecule has 1 fully saturated rings. The van der Waals surface area contributed by atoms with Crippen molar-refractivity contribution >= 4 is 18.0 Å². The topological polar surface area (TPSA) is 66.7 Å². The normalized spacial score (nSPS) is 22.1. The Hall–Kier alpha value is -3.22. The highest BCUT2D eigenvalue weighted by molar-refractivity contribution is 6.15. The molecule has 33 heavy (non-hydrogen) atoms. The second-order valence-electron chi connectivity index (χ2n) is 8.97. The third-order valence-electron chi connectivity index (χ3n) is 6.70. The molecule has 2 aromatic carbocycles. The van der Waals surface area contributed by atoms with Gasteiger partial charge in [-0.15, -0.1) is 0 Å². The molecule has 2 aliphatic rings. The second-order valence-corrected chi connectivity index (χ2v) is 8.97. The monoisotopic (exact) mass is 455 g/mol. The van der Waals surface area contributed by atoms with E-state index in [0.29, 0.717) is 35.2 Å². The van der Waals surface area contributed by atoms with Crippen LogP contribution in [-0.4, -0.2) is 23.1 Å². The number of carboxylic acids is 1. The highest BCUT2D eigenvalue weighted by atomic mass is 19.4. The van der Waals surface area contributed by atoms with Gasteiger partial charge in [-0.3, -0.25) is 14.6 Å². The lowest BCUT2D eigenvalue weighted by atomic mass is 9.70. The van der Waals surface area contributed by atoms with Crippen LogP contribution in [0.5, 0.6) is 0 Å². The van der Waals surface area contributed by atoms with Crippen molar-refractivity contribution < 1.29 is 27.9 Å².